The highest BCUT2D eigenvalue weighted by molar-refractivity contribution is 7.99. The molecule has 1 N–H and O–H groups in total. The molecule has 2 fully saturated rings. The van der Waals surface area contributed by atoms with Crippen molar-refractivity contribution in [1.82, 2.24) is 10.2 Å². The molecule has 0 unspecified atom stereocenters. The van der Waals surface area contributed by atoms with Crippen LogP contribution in [-0.2, 0) is 17.6 Å². The summed E-state index contributed by atoms with van der Waals surface area (Å²) < 4.78 is 0. The van der Waals surface area contributed by atoms with E-state index >= 15 is 0 Å². The number of thioether (sulfide) groups is 1. The monoisotopic (exact) mass is 330 g/mol. The van der Waals surface area contributed by atoms with Crippen LogP contribution in [0.2, 0.25) is 0 Å². The smallest absolute Gasteiger partial charge is 0.322 e. The van der Waals surface area contributed by atoms with E-state index in [0.717, 1.165) is 29.9 Å². The molecule has 1 aromatic carbocycles. The quantitative estimate of drug-likeness (QED) is 0.678. The van der Waals surface area contributed by atoms with E-state index in [1.807, 2.05) is 18.2 Å². The molecule has 0 saturated carbocycles. The van der Waals surface area contributed by atoms with Crippen LogP contribution in [0.5, 0.6) is 0 Å². The van der Waals surface area contributed by atoms with Crippen LogP contribution in [0.25, 0.3) is 0 Å². The summed E-state index contributed by atoms with van der Waals surface area (Å²) in [5, 5.41) is 2.79. The maximum atomic E-state index is 12.6. The van der Waals surface area contributed by atoms with Crippen molar-refractivity contribution in [3.8, 4) is 0 Å². The Hall–Kier alpha value is -1.82. The Morgan fingerprint density at radius 2 is 2.09 bits per heavy atom. The van der Waals surface area contributed by atoms with Crippen molar-refractivity contribution in [3.05, 3.63) is 34.9 Å². The lowest BCUT2D eigenvalue weighted by molar-refractivity contribution is -0.130. The minimum Gasteiger partial charge on any atom is -0.322 e. The molecule has 0 bridgehead atoms. The second kappa shape index (κ2) is 5.37. The molecule has 0 radical (unpaired) electrons. The zero-order valence-corrected chi connectivity index (χ0v) is 13.6. The van der Waals surface area contributed by atoms with Gasteiger partial charge in [0, 0.05) is 11.3 Å². The van der Waals surface area contributed by atoms with E-state index in [2.05, 4.69) is 5.32 Å². The lowest BCUT2D eigenvalue weighted by Crippen LogP contribution is -2.47. The minimum absolute atomic E-state index is 0.171. The van der Waals surface area contributed by atoms with E-state index < -0.39 is 11.6 Å². The van der Waals surface area contributed by atoms with Gasteiger partial charge in [-0.1, -0.05) is 12.1 Å². The van der Waals surface area contributed by atoms with Gasteiger partial charge in [0.05, 0.1) is 6.54 Å². The lowest BCUT2D eigenvalue weighted by Gasteiger charge is -2.19. The first kappa shape index (κ1) is 14.8. The molecular weight excluding hydrogens is 312 g/mol. The molecule has 0 aromatic heterocycles. The summed E-state index contributed by atoms with van der Waals surface area (Å²) >= 11 is 1.66. The van der Waals surface area contributed by atoms with Crippen molar-refractivity contribution in [3.63, 3.8) is 0 Å². The van der Waals surface area contributed by atoms with Gasteiger partial charge in [0.2, 0.25) is 0 Å². The third kappa shape index (κ3) is 2.36. The average molecular weight is 330 g/mol. The molecule has 2 saturated heterocycles. The van der Waals surface area contributed by atoms with Crippen molar-refractivity contribution in [2.75, 3.05) is 18.1 Å². The van der Waals surface area contributed by atoms with Gasteiger partial charge in [0.15, 0.2) is 5.78 Å². The number of carbonyl (C=O) groups is 3. The molecule has 3 aliphatic rings. The molecular formula is C17H18N2O3S. The molecule has 120 valence electrons. The van der Waals surface area contributed by atoms with Gasteiger partial charge in [-0.15, -0.1) is 0 Å². The predicted molar refractivity (Wildman–Crippen MR) is 87.7 cm³/mol. The van der Waals surface area contributed by atoms with Crippen LogP contribution in [0.4, 0.5) is 4.79 Å². The van der Waals surface area contributed by atoms with Gasteiger partial charge in [0.1, 0.15) is 5.54 Å². The molecule has 4 rings (SSSR count). The number of nitrogens with one attached hydrogen (secondary N) is 1. The zero-order valence-electron chi connectivity index (χ0n) is 12.8. The maximum Gasteiger partial charge on any atom is 0.325 e. The van der Waals surface area contributed by atoms with Gasteiger partial charge >= 0.3 is 6.03 Å². The van der Waals surface area contributed by atoms with Crippen LogP contribution in [0.15, 0.2) is 18.2 Å². The van der Waals surface area contributed by atoms with E-state index in [-0.39, 0.29) is 18.2 Å². The van der Waals surface area contributed by atoms with Crippen molar-refractivity contribution in [1.29, 1.82) is 0 Å². The van der Waals surface area contributed by atoms with Gasteiger partial charge in [-0.05, 0) is 48.6 Å². The molecule has 2 aliphatic heterocycles. The number of carbonyl (C=O) groups excluding carboxylic acids is 3. The Morgan fingerprint density at radius 3 is 2.87 bits per heavy atom. The number of aryl methyl sites for hydroxylation is 2. The Morgan fingerprint density at radius 1 is 1.26 bits per heavy atom. The van der Waals surface area contributed by atoms with Crippen molar-refractivity contribution in [2.45, 2.75) is 31.2 Å². The highest BCUT2D eigenvalue weighted by Gasteiger charge is 2.53. The second-order valence-corrected chi connectivity index (χ2v) is 7.57. The van der Waals surface area contributed by atoms with Crippen LogP contribution >= 0.6 is 11.8 Å². The zero-order chi connectivity index (χ0) is 16.0. The molecule has 6 heteroatoms. The summed E-state index contributed by atoms with van der Waals surface area (Å²) in [7, 11) is 0. The van der Waals surface area contributed by atoms with E-state index in [1.54, 1.807) is 11.8 Å². The molecule has 1 aromatic rings. The van der Waals surface area contributed by atoms with E-state index in [0.29, 0.717) is 17.7 Å². The normalized spacial score (nSPS) is 26.0. The molecule has 3 amide bonds. The number of Topliss-reactive ketones (excluding diaryl/α,β-unsaturated/α-hetero) is 1. The number of hydrogen-bond donors (Lipinski definition) is 1. The number of rotatable bonds is 3. The first-order valence-electron chi connectivity index (χ1n) is 7.96. The molecule has 1 spiro atoms. The number of hydrogen-bond acceptors (Lipinski definition) is 4. The number of benzene rings is 1. The van der Waals surface area contributed by atoms with Crippen LogP contribution < -0.4 is 5.32 Å². The Kier molecular flexibility index (Phi) is 3.44. The summed E-state index contributed by atoms with van der Waals surface area (Å²) in [5.74, 6) is 1.03. The average Bonchev–Trinajstić information content (AvgIpc) is 3.24. The predicted octanol–water partition coefficient (Wildman–Crippen LogP) is 1.79. The lowest BCUT2D eigenvalue weighted by atomic mass is 9.99. The first-order valence-corrected chi connectivity index (χ1v) is 9.11. The second-order valence-electron chi connectivity index (χ2n) is 6.47. The van der Waals surface area contributed by atoms with Gasteiger partial charge in [-0.2, -0.15) is 11.8 Å². The third-order valence-electron chi connectivity index (χ3n) is 4.99. The standard InChI is InChI=1S/C17H18N2O3S/c20-14(13-5-4-11-2-1-3-12(11)8-13)9-19-15(21)17(18-16(19)22)6-7-23-10-17/h4-5,8H,1-3,6-7,9-10H2,(H,18,22)/t17-/m0/s1. The third-order valence-corrected chi connectivity index (χ3v) is 6.18. The molecule has 1 aliphatic carbocycles. The molecule has 2 heterocycles. The number of urea groups is 1. The molecule has 23 heavy (non-hydrogen) atoms. The fourth-order valence-corrected chi connectivity index (χ4v) is 4.96. The Balaban J connectivity index is 1.52. The van der Waals surface area contributed by atoms with Crippen LogP contribution in [0.1, 0.15) is 34.3 Å². The van der Waals surface area contributed by atoms with E-state index in [1.165, 1.54) is 11.1 Å². The molecule has 1 atom stereocenters. The number of fused-ring (bicyclic) bond motifs is 1. The van der Waals surface area contributed by atoms with Crippen molar-refractivity contribution in [2.24, 2.45) is 0 Å². The SMILES string of the molecule is O=C(CN1C(=O)N[C@]2(CCSC2)C1=O)c1ccc2c(c1)CCC2. The fourth-order valence-electron chi connectivity index (χ4n) is 3.63. The fraction of sp³-hybridized carbons (Fsp3) is 0.471. The van der Waals surface area contributed by atoms with Gasteiger partial charge < -0.3 is 5.32 Å². The van der Waals surface area contributed by atoms with Crippen LogP contribution in [0, 0.1) is 0 Å². The Labute approximate surface area is 138 Å². The minimum atomic E-state index is -0.778. The van der Waals surface area contributed by atoms with Gasteiger partial charge in [-0.3, -0.25) is 14.5 Å². The number of ketones is 1. The summed E-state index contributed by atoms with van der Waals surface area (Å²) in [5.41, 5.74) is 2.34. The topological polar surface area (TPSA) is 66.5 Å². The maximum absolute atomic E-state index is 12.6. The molecule has 5 nitrogen and oxygen atoms in total. The number of imide groups is 1. The first-order chi connectivity index (χ1) is 11.1. The highest BCUT2D eigenvalue weighted by atomic mass is 32.2. The van der Waals surface area contributed by atoms with Gasteiger partial charge in [-0.25, -0.2) is 4.79 Å². The highest BCUT2D eigenvalue weighted by Crippen LogP contribution is 2.33. The number of amides is 3. The van der Waals surface area contributed by atoms with Crippen LogP contribution in [0.3, 0.4) is 0 Å². The summed E-state index contributed by atoms with van der Waals surface area (Å²) in [6, 6.07) is 5.29. The van der Waals surface area contributed by atoms with Crippen LogP contribution in [-0.4, -0.2) is 46.2 Å². The number of nitrogens with zero attached hydrogens (tertiary/aromatic N) is 1. The largest absolute Gasteiger partial charge is 0.325 e. The summed E-state index contributed by atoms with van der Waals surface area (Å²) in [6.07, 6.45) is 3.84. The van der Waals surface area contributed by atoms with Gasteiger partial charge in [0.25, 0.3) is 5.91 Å². The van der Waals surface area contributed by atoms with Crippen molar-refractivity contribution < 1.29 is 14.4 Å². The summed E-state index contributed by atoms with van der Waals surface area (Å²) in [4.78, 5) is 38.3. The van der Waals surface area contributed by atoms with Crippen molar-refractivity contribution >= 4 is 29.5 Å². The Bertz CT molecular complexity index is 710. The van der Waals surface area contributed by atoms with E-state index in [9.17, 15) is 14.4 Å². The summed E-state index contributed by atoms with van der Waals surface area (Å²) in [6.45, 7) is -0.171. The van der Waals surface area contributed by atoms with E-state index in [4.69, 9.17) is 0 Å².